The zero-order valence-corrected chi connectivity index (χ0v) is 12.9. The van der Waals surface area contributed by atoms with Gasteiger partial charge in [-0.05, 0) is 24.3 Å². The van der Waals surface area contributed by atoms with Crippen molar-refractivity contribution < 1.29 is 0 Å². The molecule has 2 aromatic heterocycles. The Hall–Kier alpha value is -1.65. The highest BCUT2D eigenvalue weighted by Gasteiger charge is 2.31. The lowest BCUT2D eigenvalue weighted by molar-refractivity contribution is 0.778. The highest BCUT2D eigenvalue weighted by Crippen LogP contribution is 2.37. The fraction of sp³-hybridized carbons (Fsp3) is 0.250. The molecule has 1 saturated carbocycles. The fourth-order valence-corrected chi connectivity index (χ4v) is 3.51. The van der Waals surface area contributed by atoms with Gasteiger partial charge in [-0.3, -0.25) is 0 Å². The molecule has 3 nitrogen and oxygen atoms in total. The molecule has 21 heavy (non-hydrogen) atoms. The number of fused-ring (bicyclic) bond motifs is 1. The summed E-state index contributed by atoms with van der Waals surface area (Å²) in [5, 5.41) is 13.2. The number of nitrogens with zero attached hydrogens (tertiary/aromatic N) is 3. The Bertz CT molecular complexity index is 768. The zero-order valence-electron chi connectivity index (χ0n) is 11.4. The molecule has 0 bridgehead atoms. The highest BCUT2D eigenvalue weighted by molar-refractivity contribution is 7.09. The van der Waals surface area contributed by atoms with E-state index in [1.54, 1.807) is 11.3 Å². The third-order valence-corrected chi connectivity index (χ3v) is 4.93. The largest absolute Gasteiger partial charge is 0.346 e. The summed E-state index contributed by atoms with van der Waals surface area (Å²) < 4.78 is 0. The molecule has 1 aliphatic carbocycles. The average Bonchev–Trinajstić information content (AvgIpc) is 3.23. The van der Waals surface area contributed by atoms with Crippen molar-refractivity contribution in [2.45, 2.75) is 25.4 Å². The minimum Gasteiger partial charge on any atom is -0.346 e. The lowest BCUT2D eigenvalue weighted by atomic mass is 10.2. The number of benzene rings is 1. The molecule has 2 heterocycles. The SMILES string of the molecule is Clc1nnc(N(Cc2cccs2)C2CC2)c2ccccc12. The summed E-state index contributed by atoms with van der Waals surface area (Å²) in [7, 11) is 0. The molecular formula is C16H14ClN3S. The van der Waals surface area contributed by atoms with E-state index in [0.29, 0.717) is 11.2 Å². The molecule has 4 rings (SSSR count). The van der Waals surface area contributed by atoms with Crippen molar-refractivity contribution in [1.82, 2.24) is 10.2 Å². The van der Waals surface area contributed by atoms with Crippen LogP contribution in [0.2, 0.25) is 5.15 Å². The maximum Gasteiger partial charge on any atom is 0.159 e. The summed E-state index contributed by atoms with van der Waals surface area (Å²) >= 11 is 7.97. The van der Waals surface area contributed by atoms with Crippen LogP contribution in [0.4, 0.5) is 5.82 Å². The highest BCUT2D eigenvalue weighted by atomic mass is 35.5. The lowest BCUT2D eigenvalue weighted by Crippen LogP contribution is -2.26. The van der Waals surface area contributed by atoms with E-state index in [1.807, 2.05) is 18.2 Å². The Morgan fingerprint density at radius 2 is 1.90 bits per heavy atom. The second-order valence-electron chi connectivity index (χ2n) is 5.30. The van der Waals surface area contributed by atoms with Gasteiger partial charge in [-0.1, -0.05) is 41.9 Å². The van der Waals surface area contributed by atoms with Gasteiger partial charge in [0.15, 0.2) is 11.0 Å². The Balaban J connectivity index is 1.81. The number of thiophene rings is 1. The Labute approximate surface area is 132 Å². The van der Waals surface area contributed by atoms with Crippen LogP contribution in [-0.4, -0.2) is 16.2 Å². The normalized spacial score (nSPS) is 14.5. The van der Waals surface area contributed by atoms with E-state index < -0.39 is 0 Å². The number of hydrogen-bond acceptors (Lipinski definition) is 4. The number of aromatic nitrogens is 2. The summed E-state index contributed by atoms with van der Waals surface area (Å²) in [6.45, 7) is 0.892. The van der Waals surface area contributed by atoms with Crippen LogP contribution in [0.15, 0.2) is 41.8 Å². The molecule has 0 atom stereocenters. The molecule has 106 valence electrons. The smallest absolute Gasteiger partial charge is 0.159 e. The van der Waals surface area contributed by atoms with Crippen LogP contribution in [0, 0.1) is 0 Å². The molecule has 0 radical (unpaired) electrons. The van der Waals surface area contributed by atoms with Gasteiger partial charge in [-0.25, -0.2) is 0 Å². The van der Waals surface area contributed by atoms with Crippen LogP contribution >= 0.6 is 22.9 Å². The van der Waals surface area contributed by atoms with Crippen LogP contribution in [0.25, 0.3) is 10.8 Å². The van der Waals surface area contributed by atoms with Gasteiger partial charge in [0, 0.05) is 21.7 Å². The third kappa shape index (κ3) is 2.49. The summed E-state index contributed by atoms with van der Waals surface area (Å²) in [5.74, 6) is 0.950. The van der Waals surface area contributed by atoms with Crippen LogP contribution in [-0.2, 0) is 6.54 Å². The molecule has 0 amide bonds. The fourth-order valence-electron chi connectivity index (χ4n) is 2.60. The maximum atomic E-state index is 6.18. The quantitative estimate of drug-likeness (QED) is 0.709. The number of halogens is 1. The van der Waals surface area contributed by atoms with Gasteiger partial charge in [0.25, 0.3) is 0 Å². The van der Waals surface area contributed by atoms with E-state index in [-0.39, 0.29) is 0 Å². The first-order chi connectivity index (χ1) is 10.3. The van der Waals surface area contributed by atoms with E-state index in [2.05, 4.69) is 38.7 Å². The minimum atomic E-state index is 0.473. The van der Waals surface area contributed by atoms with Crippen molar-refractivity contribution in [3.8, 4) is 0 Å². The van der Waals surface area contributed by atoms with Gasteiger partial charge in [0.2, 0.25) is 0 Å². The number of anilines is 1. The van der Waals surface area contributed by atoms with Crippen LogP contribution in [0.1, 0.15) is 17.7 Å². The first-order valence-corrected chi connectivity index (χ1v) is 8.28. The Morgan fingerprint density at radius 3 is 2.62 bits per heavy atom. The van der Waals surface area contributed by atoms with Gasteiger partial charge >= 0.3 is 0 Å². The van der Waals surface area contributed by atoms with Gasteiger partial charge in [0.05, 0.1) is 6.54 Å². The first kappa shape index (κ1) is 13.0. The van der Waals surface area contributed by atoms with Crippen molar-refractivity contribution in [2.24, 2.45) is 0 Å². The molecular weight excluding hydrogens is 302 g/mol. The van der Waals surface area contributed by atoms with Crippen LogP contribution in [0.3, 0.4) is 0 Å². The van der Waals surface area contributed by atoms with E-state index in [1.165, 1.54) is 17.7 Å². The van der Waals surface area contributed by atoms with Crippen molar-refractivity contribution in [2.75, 3.05) is 4.90 Å². The Kier molecular flexibility index (Phi) is 3.28. The standard InChI is InChI=1S/C16H14ClN3S/c17-15-13-5-1-2-6-14(13)16(19-18-15)20(11-7-8-11)10-12-4-3-9-21-12/h1-6,9,11H,7-8,10H2. The van der Waals surface area contributed by atoms with Crippen molar-refractivity contribution in [1.29, 1.82) is 0 Å². The van der Waals surface area contributed by atoms with E-state index in [0.717, 1.165) is 23.1 Å². The molecule has 0 aliphatic heterocycles. The molecule has 0 saturated heterocycles. The molecule has 0 spiro atoms. The second-order valence-corrected chi connectivity index (χ2v) is 6.69. The summed E-state index contributed by atoms with van der Waals surface area (Å²) in [5.41, 5.74) is 0. The van der Waals surface area contributed by atoms with Crippen LogP contribution < -0.4 is 4.90 Å². The van der Waals surface area contributed by atoms with E-state index in [9.17, 15) is 0 Å². The average molecular weight is 316 g/mol. The molecule has 1 aliphatic rings. The predicted molar refractivity (Wildman–Crippen MR) is 88.1 cm³/mol. The van der Waals surface area contributed by atoms with Crippen LogP contribution in [0.5, 0.6) is 0 Å². The molecule has 0 unspecified atom stereocenters. The van der Waals surface area contributed by atoms with Gasteiger partial charge in [-0.2, -0.15) is 0 Å². The van der Waals surface area contributed by atoms with Gasteiger partial charge < -0.3 is 4.90 Å². The summed E-state index contributed by atoms with van der Waals surface area (Å²) in [6, 6.07) is 12.9. The van der Waals surface area contributed by atoms with Crippen molar-refractivity contribution in [3.05, 3.63) is 51.8 Å². The summed E-state index contributed by atoms with van der Waals surface area (Å²) in [4.78, 5) is 3.72. The number of hydrogen-bond donors (Lipinski definition) is 0. The summed E-state index contributed by atoms with van der Waals surface area (Å²) in [6.07, 6.45) is 2.45. The monoisotopic (exact) mass is 315 g/mol. The first-order valence-electron chi connectivity index (χ1n) is 7.03. The molecule has 0 N–H and O–H groups in total. The maximum absolute atomic E-state index is 6.18. The minimum absolute atomic E-state index is 0.473. The van der Waals surface area contributed by atoms with Crippen molar-refractivity contribution >= 4 is 39.5 Å². The second kappa shape index (κ2) is 5.28. The van der Waals surface area contributed by atoms with Crippen molar-refractivity contribution in [3.63, 3.8) is 0 Å². The Morgan fingerprint density at radius 1 is 1.10 bits per heavy atom. The van der Waals surface area contributed by atoms with E-state index >= 15 is 0 Å². The zero-order chi connectivity index (χ0) is 14.2. The van der Waals surface area contributed by atoms with Gasteiger partial charge in [-0.15, -0.1) is 21.5 Å². The topological polar surface area (TPSA) is 29.0 Å². The van der Waals surface area contributed by atoms with E-state index in [4.69, 9.17) is 11.6 Å². The lowest BCUT2D eigenvalue weighted by Gasteiger charge is -2.23. The third-order valence-electron chi connectivity index (χ3n) is 3.79. The molecule has 3 aromatic rings. The molecule has 1 fully saturated rings. The number of rotatable bonds is 4. The molecule has 5 heteroatoms. The van der Waals surface area contributed by atoms with Gasteiger partial charge in [0.1, 0.15) is 0 Å². The predicted octanol–water partition coefficient (Wildman–Crippen LogP) is 4.51. The molecule has 1 aromatic carbocycles.